The molecule has 2 atom stereocenters. The molecule has 1 fully saturated rings. The van der Waals surface area contributed by atoms with Crippen molar-refractivity contribution < 1.29 is 9.52 Å². The minimum absolute atomic E-state index is 0.253. The molecule has 3 heterocycles. The summed E-state index contributed by atoms with van der Waals surface area (Å²) in [5.74, 6) is 1.60. The Bertz CT molecular complexity index is 832. The Balaban J connectivity index is 1.64. The largest absolute Gasteiger partial charge is 0.467 e. The molecule has 3 aromatic rings. The average molecular weight is 323 g/mol. The molecule has 0 amide bonds. The van der Waals surface area contributed by atoms with Crippen molar-refractivity contribution in [2.45, 2.75) is 38.3 Å². The summed E-state index contributed by atoms with van der Waals surface area (Å²) in [4.78, 5) is 11.3. The summed E-state index contributed by atoms with van der Waals surface area (Å²) in [7, 11) is 0. The molecule has 124 valence electrons. The Morgan fingerprint density at radius 2 is 2.25 bits per heavy atom. The predicted molar refractivity (Wildman–Crippen MR) is 92.9 cm³/mol. The number of furan rings is 1. The van der Waals surface area contributed by atoms with Crippen molar-refractivity contribution in [1.82, 2.24) is 9.97 Å². The lowest BCUT2D eigenvalue weighted by Gasteiger charge is -2.28. The van der Waals surface area contributed by atoms with Crippen molar-refractivity contribution in [3.05, 3.63) is 54.2 Å². The monoisotopic (exact) mass is 323 g/mol. The normalized spacial score (nSPS) is 19.1. The van der Waals surface area contributed by atoms with Crippen LogP contribution < -0.4 is 4.90 Å². The van der Waals surface area contributed by atoms with Crippen molar-refractivity contribution in [3.8, 4) is 0 Å². The van der Waals surface area contributed by atoms with Crippen LogP contribution in [0.25, 0.3) is 10.9 Å². The highest BCUT2D eigenvalue weighted by Crippen LogP contribution is 2.34. The third-order valence-corrected chi connectivity index (χ3v) is 4.79. The smallest absolute Gasteiger partial charge is 0.140 e. The van der Waals surface area contributed by atoms with Crippen LogP contribution in [0, 0.1) is 6.92 Å². The zero-order valence-electron chi connectivity index (χ0n) is 13.7. The first-order chi connectivity index (χ1) is 11.7. The van der Waals surface area contributed by atoms with Crippen LogP contribution in [0.4, 0.5) is 5.82 Å². The molecule has 0 spiro atoms. The maximum absolute atomic E-state index is 10.4. The van der Waals surface area contributed by atoms with Gasteiger partial charge in [0.15, 0.2) is 0 Å². The number of aromatic nitrogens is 2. The van der Waals surface area contributed by atoms with Gasteiger partial charge in [0, 0.05) is 24.4 Å². The standard InChI is InChI=1S/C19H21N3O2/c1-13-6-7-16-15(10-13)19(21-12-20-16)22-8-2-4-14(22)11-17(23)18-5-3-9-24-18/h3,5-7,9-10,12,14,17,23H,2,4,8,11H2,1H3. The number of hydrogen-bond acceptors (Lipinski definition) is 5. The number of aryl methyl sites for hydroxylation is 1. The van der Waals surface area contributed by atoms with Crippen LogP contribution in [0.3, 0.4) is 0 Å². The maximum Gasteiger partial charge on any atom is 0.140 e. The van der Waals surface area contributed by atoms with Crippen molar-refractivity contribution in [2.24, 2.45) is 0 Å². The van der Waals surface area contributed by atoms with Crippen LogP contribution in [0.1, 0.15) is 36.7 Å². The Labute approximate surface area is 141 Å². The van der Waals surface area contributed by atoms with E-state index < -0.39 is 6.10 Å². The van der Waals surface area contributed by atoms with E-state index in [0.29, 0.717) is 12.2 Å². The summed E-state index contributed by atoms with van der Waals surface area (Å²) in [6.45, 7) is 3.04. The first kappa shape index (κ1) is 15.1. The highest BCUT2D eigenvalue weighted by molar-refractivity contribution is 5.90. The van der Waals surface area contributed by atoms with Gasteiger partial charge in [-0.25, -0.2) is 9.97 Å². The second-order valence-electron chi connectivity index (χ2n) is 6.47. The van der Waals surface area contributed by atoms with Gasteiger partial charge in [0.2, 0.25) is 0 Å². The molecule has 5 heteroatoms. The summed E-state index contributed by atoms with van der Waals surface area (Å²) in [5.41, 5.74) is 2.16. The van der Waals surface area contributed by atoms with Crippen LogP contribution in [0.2, 0.25) is 0 Å². The fraction of sp³-hybridized carbons (Fsp3) is 0.368. The number of aliphatic hydroxyl groups excluding tert-OH is 1. The van der Waals surface area contributed by atoms with Crippen molar-refractivity contribution >= 4 is 16.7 Å². The van der Waals surface area contributed by atoms with Crippen LogP contribution in [0.15, 0.2) is 47.3 Å². The van der Waals surface area contributed by atoms with Gasteiger partial charge in [-0.2, -0.15) is 0 Å². The van der Waals surface area contributed by atoms with Crippen LogP contribution in [0.5, 0.6) is 0 Å². The van der Waals surface area contributed by atoms with Crippen molar-refractivity contribution in [2.75, 3.05) is 11.4 Å². The van der Waals surface area contributed by atoms with E-state index in [0.717, 1.165) is 36.1 Å². The van der Waals surface area contributed by atoms with Crippen LogP contribution >= 0.6 is 0 Å². The van der Waals surface area contributed by atoms with E-state index in [1.54, 1.807) is 12.6 Å². The van der Waals surface area contributed by atoms with Gasteiger partial charge in [-0.3, -0.25) is 0 Å². The van der Waals surface area contributed by atoms with Crippen LogP contribution in [-0.2, 0) is 0 Å². The average Bonchev–Trinajstić information content (AvgIpc) is 3.26. The van der Waals surface area contributed by atoms with Gasteiger partial charge in [-0.15, -0.1) is 0 Å². The molecule has 5 nitrogen and oxygen atoms in total. The summed E-state index contributed by atoms with van der Waals surface area (Å²) < 4.78 is 5.34. The lowest BCUT2D eigenvalue weighted by molar-refractivity contribution is 0.132. The van der Waals surface area contributed by atoms with Gasteiger partial charge in [-0.05, 0) is 44.0 Å². The van der Waals surface area contributed by atoms with Crippen LogP contribution in [-0.4, -0.2) is 27.7 Å². The molecule has 1 aromatic carbocycles. The number of rotatable bonds is 4. The first-order valence-corrected chi connectivity index (χ1v) is 8.42. The van der Waals surface area contributed by atoms with E-state index >= 15 is 0 Å². The molecule has 24 heavy (non-hydrogen) atoms. The van der Waals surface area contributed by atoms with E-state index in [9.17, 15) is 5.11 Å². The van der Waals surface area contributed by atoms with E-state index in [1.807, 2.05) is 18.2 Å². The predicted octanol–water partition coefficient (Wildman–Crippen LogP) is 3.62. The Morgan fingerprint density at radius 3 is 3.08 bits per heavy atom. The third-order valence-electron chi connectivity index (χ3n) is 4.79. The van der Waals surface area contributed by atoms with E-state index in [1.165, 1.54) is 5.56 Å². The molecule has 0 bridgehead atoms. The fourth-order valence-electron chi connectivity index (χ4n) is 3.60. The Kier molecular flexibility index (Phi) is 3.94. The molecule has 2 unspecified atom stereocenters. The number of aliphatic hydroxyl groups is 1. The minimum atomic E-state index is -0.583. The molecule has 0 saturated carbocycles. The molecule has 1 saturated heterocycles. The highest BCUT2D eigenvalue weighted by atomic mass is 16.4. The summed E-state index contributed by atoms with van der Waals surface area (Å²) in [6, 6.07) is 10.1. The van der Waals surface area contributed by atoms with E-state index in [-0.39, 0.29) is 6.04 Å². The molecule has 1 aliphatic rings. The van der Waals surface area contributed by atoms with Crippen molar-refractivity contribution in [3.63, 3.8) is 0 Å². The van der Waals surface area contributed by atoms with Gasteiger partial charge in [-0.1, -0.05) is 11.6 Å². The highest BCUT2D eigenvalue weighted by Gasteiger charge is 2.30. The molecule has 0 radical (unpaired) electrons. The van der Waals surface area contributed by atoms with Gasteiger partial charge in [0.1, 0.15) is 24.0 Å². The maximum atomic E-state index is 10.4. The Hall–Kier alpha value is -2.40. The first-order valence-electron chi connectivity index (χ1n) is 8.42. The van der Waals surface area contributed by atoms with E-state index in [4.69, 9.17) is 4.42 Å². The molecule has 2 aromatic heterocycles. The molecule has 0 aliphatic carbocycles. The number of benzene rings is 1. The number of anilines is 1. The zero-order chi connectivity index (χ0) is 16.5. The number of nitrogens with zero attached hydrogens (tertiary/aromatic N) is 3. The third kappa shape index (κ3) is 2.76. The molecular formula is C19H21N3O2. The molecular weight excluding hydrogens is 302 g/mol. The van der Waals surface area contributed by atoms with Gasteiger partial charge in [0.25, 0.3) is 0 Å². The Morgan fingerprint density at radius 1 is 1.33 bits per heavy atom. The lowest BCUT2D eigenvalue weighted by atomic mass is 10.0. The molecule has 4 rings (SSSR count). The summed E-state index contributed by atoms with van der Waals surface area (Å²) in [6.07, 6.45) is 5.45. The number of fused-ring (bicyclic) bond motifs is 1. The minimum Gasteiger partial charge on any atom is -0.467 e. The SMILES string of the molecule is Cc1ccc2ncnc(N3CCCC3CC(O)c3ccco3)c2c1. The van der Waals surface area contributed by atoms with Gasteiger partial charge >= 0.3 is 0 Å². The second kappa shape index (κ2) is 6.24. The topological polar surface area (TPSA) is 62.4 Å². The van der Waals surface area contributed by atoms with Gasteiger partial charge in [0.05, 0.1) is 11.8 Å². The van der Waals surface area contributed by atoms with Gasteiger partial charge < -0.3 is 14.4 Å². The lowest BCUT2D eigenvalue weighted by Crippen LogP contribution is -2.31. The molecule has 1 aliphatic heterocycles. The number of hydrogen-bond donors (Lipinski definition) is 1. The quantitative estimate of drug-likeness (QED) is 0.794. The zero-order valence-corrected chi connectivity index (χ0v) is 13.7. The summed E-state index contributed by atoms with van der Waals surface area (Å²) >= 11 is 0. The van der Waals surface area contributed by atoms with E-state index in [2.05, 4.69) is 33.9 Å². The fourth-order valence-corrected chi connectivity index (χ4v) is 3.60. The molecule has 1 N–H and O–H groups in total. The van der Waals surface area contributed by atoms with Crippen molar-refractivity contribution in [1.29, 1.82) is 0 Å². The summed E-state index contributed by atoms with van der Waals surface area (Å²) in [5, 5.41) is 11.5. The second-order valence-corrected chi connectivity index (χ2v) is 6.47.